The predicted molar refractivity (Wildman–Crippen MR) is 198 cm³/mol. The number of hydrogen-bond donors (Lipinski definition) is 0. The maximum atomic E-state index is 11.3. The van der Waals surface area contributed by atoms with Gasteiger partial charge in [0, 0.05) is 49.6 Å². The fourth-order valence-corrected chi connectivity index (χ4v) is 9.07. The molecule has 0 radical (unpaired) electrons. The first-order valence-corrected chi connectivity index (χ1v) is 19.1. The monoisotopic (exact) mass is 692 g/mol. The summed E-state index contributed by atoms with van der Waals surface area (Å²) in [5.74, 6) is 1.12. The number of hydrogen-bond acceptors (Lipinski definition) is 8. The fraction of sp³-hybridized carbons (Fsp3) is 0.700. The smallest absolute Gasteiger partial charge is 0.272 e. The van der Waals surface area contributed by atoms with Gasteiger partial charge in [-0.15, -0.1) is 0 Å². The van der Waals surface area contributed by atoms with Gasteiger partial charge in [-0.05, 0) is 154 Å². The number of rotatable bonds is 10. The molecule has 0 N–H and O–H groups in total. The number of ether oxygens (including phenoxy) is 2. The molecule has 2 aliphatic heterocycles. The zero-order chi connectivity index (χ0) is 35.6. The summed E-state index contributed by atoms with van der Waals surface area (Å²) in [6.45, 7) is 8.54. The molecule has 4 aliphatic rings. The lowest BCUT2D eigenvalue weighted by molar-refractivity contribution is -0.385. The zero-order valence-electron chi connectivity index (χ0n) is 30.9. The van der Waals surface area contributed by atoms with E-state index in [1.165, 1.54) is 51.4 Å². The molecule has 276 valence electrons. The van der Waals surface area contributed by atoms with E-state index >= 15 is 0 Å². The molecule has 0 bridgehead atoms. The van der Waals surface area contributed by atoms with Gasteiger partial charge < -0.3 is 19.3 Å². The molecule has 0 aromatic heterocycles. The molecular weight excluding hydrogens is 632 g/mol. The lowest BCUT2D eigenvalue weighted by atomic mass is 9.86. The number of aryl methyl sites for hydroxylation is 2. The molecule has 6 rings (SSSR count). The summed E-state index contributed by atoms with van der Waals surface area (Å²) in [4.78, 5) is 27.4. The van der Waals surface area contributed by atoms with Crippen LogP contribution >= 0.6 is 0 Å². The Morgan fingerprint density at radius 1 is 0.580 bits per heavy atom. The van der Waals surface area contributed by atoms with Crippen molar-refractivity contribution in [2.24, 2.45) is 11.8 Å². The second-order valence-corrected chi connectivity index (χ2v) is 15.5. The predicted octanol–water partition coefficient (Wildman–Crippen LogP) is 8.23. The first kappa shape index (κ1) is 38.3. The number of nitro groups is 2. The van der Waals surface area contributed by atoms with Crippen molar-refractivity contribution < 1.29 is 19.3 Å². The van der Waals surface area contributed by atoms with E-state index in [0.717, 1.165) is 87.0 Å². The minimum atomic E-state index is -0.238. The van der Waals surface area contributed by atoms with Crippen molar-refractivity contribution >= 4 is 11.4 Å². The summed E-state index contributed by atoms with van der Waals surface area (Å²) in [6, 6.07) is 12.4. The van der Waals surface area contributed by atoms with Gasteiger partial charge in [0.2, 0.25) is 0 Å². The summed E-state index contributed by atoms with van der Waals surface area (Å²) >= 11 is 0. The Labute approximate surface area is 299 Å². The highest BCUT2D eigenvalue weighted by atomic mass is 16.6. The molecule has 0 atom stereocenters. The molecule has 2 aromatic carbocycles. The number of piperidine rings is 2. The molecule has 4 fully saturated rings. The third kappa shape index (κ3) is 10.6. The standard InChI is InChI=1S/2C20H30N2O3/c2*1-15-3-8-20(22(23)24)17(13-15)14-16-9-11-21(12-10-16)18-4-6-19(25-2)7-5-18/h2*3,8,13,16,18-19H,4-7,9-12,14H2,1-2H3. The van der Waals surface area contributed by atoms with Crippen molar-refractivity contribution in [3.05, 3.63) is 78.9 Å². The summed E-state index contributed by atoms with van der Waals surface area (Å²) in [7, 11) is 3.64. The van der Waals surface area contributed by atoms with E-state index in [9.17, 15) is 20.2 Å². The molecule has 2 saturated heterocycles. The van der Waals surface area contributed by atoms with Crippen LogP contribution in [0.3, 0.4) is 0 Å². The Kier molecular flexibility index (Phi) is 14.2. The van der Waals surface area contributed by atoms with Crippen LogP contribution in [0.1, 0.15) is 99.3 Å². The minimum Gasteiger partial charge on any atom is -0.381 e. The van der Waals surface area contributed by atoms with Crippen molar-refractivity contribution in [2.45, 2.75) is 128 Å². The van der Waals surface area contributed by atoms with Crippen molar-refractivity contribution in [3.63, 3.8) is 0 Å². The molecule has 0 unspecified atom stereocenters. The lowest BCUT2D eigenvalue weighted by Crippen LogP contribution is -2.44. The average molecular weight is 693 g/mol. The number of methoxy groups -OCH3 is 2. The third-order valence-corrected chi connectivity index (χ3v) is 12.2. The van der Waals surface area contributed by atoms with Crippen LogP contribution in [0.2, 0.25) is 0 Å². The second kappa shape index (κ2) is 18.5. The average Bonchev–Trinajstić information content (AvgIpc) is 3.12. The van der Waals surface area contributed by atoms with Gasteiger partial charge in [0.1, 0.15) is 0 Å². The Morgan fingerprint density at radius 3 is 1.22 bits per heavy atom. The topological polar surface area (TPSA) is 111 Å². The normalized spacial score (nSPS) is 25.8. The largest absolute Gasteiger partial charge is 0.381 e. The van der Waals surface area contributed by atoms with Gasteiger partial charge in [-0.1, -0.05) is 23.3 Å². The molecule has 2 saturated carbocycles. The van der Waals surface area contributed by atoms with Crippen molar-refractivity contribution in [1.82, 2.24) is 9.80 Å². The quantitative estimate of drug-likeness (QED) is 0.181. The molecule has 10 heteroatoms. The summed E-state index contributed by atoms with van der Waals surface area (Å²) < 4.78 is 11.0. The van der Waals surface area contributed by atoms with Crippen LogP contribution in [0.5, 0.6) is 0 Å². The fourth-order valence-electron chi connectivity index (χ4n) is 9.07. The maximum absolute atomic E-state index is 11.3. The molecule has 0 amide bonds. The SMILES string of the molecule is COC1CCC(N2CCC(Cc3cc(C)ccc3[N+](=O)[O-])CC2)CC1.COC1CCC(N2CCC(Cc3cc(C)ccc3[N+](=O)[O-])CC2)CC1. The van der Waals surface area contributed by atoms with Crippen molar-refractivity contribution in [3.8, 4) is 0 Å². The van der Waals surface area contributed by atoms with E-state index < -0.39 is 0 Å². The number of benzene rings is 2. The molecule has 2 aliphatic carbocycles. The first-order chi connectivity index (χ1) is 24.1. The van der Waals surface area contributed by atoms with Gasteiger partial charge in [0.05, 0.1) is 22.1 Å². The number of nitro benzene ring substituents is 2. The highest BCUT2D eigenvalue weighted by molar-refractivity contribution is 5.43. The first-order valence-electron chi connectivity index (χ1n) is 19.1. The van der Waals surface area contributed by atoms with E-state index in [1.54, 1.807) is 12.1 Å². The minimum absolute atomic E-state index is 0.238. The van der Waals surface area contributed by atoms with Crippen LogP contribution in [0.4, 0.5) is 11.4 Å². The van der Waals surface area contributed by atoms with Crippen LogP contribution in [-0.4, -0.2) is 84.3 Å². The van der Waals surface area contributed by atoms with E-state index in [1.807, 2.05) is 52.3 Å². The van der Waals surface area contributed by atoms with E-state index in [2.05, 4.69) is 9.80 Å². The summed E-state index contributed by atoms with van der Waals surface area (Å²) in [5, 5.41) is 22.5. The van der Waals surface area contributed by atoms with Crippen LogP contribution in [0.15, 0.2) is 36.4 Å². The van der Waals surface area contributed by atoms with Gasteiger partial charge in [0.25, 0.3) is 11.4 Å². The number of likely N-dealkylation sites (tertiary alicyclic amines) is 2. The van der Waals surface area contributed by atoms with Crippen LogP contribution < -0.4 is 0 Å². The summed E-state index contributed by atoms with van der Waals surface area (Å²) in [6.07, 6.45) is 16.9. The third-order valence-electron chi connectivity index (χ3n) is 12.2. The zero-order valence-corrected chi connectivity index (χ0v) is 30.9. The maximum Gasteiger partial charge on any atom is 0.272 e. The van der Waals surface area contributed by atoms with Gasteiger partial charge in [-0.3, -0.25) is 20.2 Å². The Bertz CT molecular complexity index is 1280. The molecule has 2 aromatic rings. The number of nitrogens with zero attached hydrogens (tertiary/aromatic N) is 4. The molecule has 10 nitrogen and oxygen atoms in total. The Balaban J connectivity index is 0.000000194. The van der Waals surface area contributed by atoms with Gasteiger partial charge in [-0.2, -0.15) is 0 Å². The van der Waals surface area contributed by atoms with E-state index in [4.69, 9.17) is 9.47 Å². The molecular formula is C40H60N4O6. The molecule has 50 heavy (non-hydrogen) atoms. The molecule has 2 heterocycles. The van der Waals surface area contributed by atoms with Crippen LogP contribution in [0.25, 0.3) is 0 Å². The van der Waals surface area contributed by atoms with Crippen LogP contribution in [0, 0.1) is 45.9 Å². The van der Waals surface area contributed by atoms with Gasteiger partial charge >= 0.3 is 0 Å². The summed E-state index contributed by atoms with van der Waals surface area (Å²) in [5.41, 5.74) is 4.59. The van der Waals surface area contributed by atoms with Gasteiger partial charge in [0.15, 0.2) is 0 Å². The van der Waals surface area contributed by atoms with Gasteiger partial charge in [-0.25, -0.2) is 0 Å². The lowest BCUT2D eigenvalue weighted by Gasteiger charge is -2.40. The van der Waals surface area contributed by atoms with Crippen molar-refractivity contribution in [1.29, 1.82) is 0 Å². The van der Waals surface area contributed by atoms with Crippen LogP contribution in [-0.2, 0) is 22.3 Å². The highest BCUT2D eigenvalue weighted by Crippen LogP contribution is 2.33. The Hall–Kier alpha value is -2.92. The highest BCUT2D eigenvalue weighted by Gasteiger charge is 2.31. The molecule has 0 spiro atoms. The second-order valence-electron chi connectivity index (χ2n) is 15.5. The van der Waals surface area contributed by atoms with E-state index in [-0.39, 0.29) is 21.2 Å². The van der Waals surface area contributed by atoms with Crippen molar-refractivity contribution in [2.75, 3.05) is 40.4 Å². The van der Waals surface area contributed by atoms with E-state index in [0.29, 0.717) is 36.1 Å². The Morgan fingerprint density at radius 2 is 0.920 bits per heavy atom.